The van der Waals surface area contributed by atoms with Gasteiger partial charge in [0, 0.05) is 17.2 Å². The number of aromatic hydroxyl groups is 1. The molecule has 6 nitrogen and oxygen atoms in total. The van der Waals surface area contributed by atoms with E-state index in [1.807, 2.05) is 5.38 Å². The van der Waals surface area contributed by atoms with Gasteiger partial charge in [-0.1, -0.05) is 0 Å². The number of hydrogen-bond acceptors (Lipinski definition) is 7. The summed E-state index contributed by atoms with van der Waals surface area (Å²) in [7, 11) is -4.61. The average molecular weight is 350 g/mol. The SMILES string of the molecule is O=S(=O)([O-])c1ccc(O)cc1CC1COc2cscc2O1.[Na+]. The number of thiophene rings is 1. The third-order valence-corrected chi connectivity index (χ3v) is 4.71. The summed E-state index contributed by atoms with van der Waals surface area (Å²) in [6.45, 7) is 0.248. The van der Waals surface area contributed by atoms with Crippen LogP contribution in [0.2, 0.25) is 0 Å². The van der Waals surface area contributed by atoms with Crippen LogP contribution in [-0.2, 0) is 16.5 Å². The molecule has 1 aliphatic heterocycles. The van der Waals surface area contributed by atoms with Crippen LogP contribution in [-0.4, -0.2) is 30.8 Å². The zero-order valence-corrected chi connectivity index (χ0v) is 15.3. The van der Waals surface area contributed by atoms with E-state index in [0.29, 0.717) is 11.5 Å². The number of ether oxygens (including phenoxy) is 2. The molecule has 0 bridgehead atoms. The molecular formula is C13H11NaO6S2. The quantitative estimate of drug-likeness (QED) is 0.549. The summed E-state index contributed by atoms with van der Waals surface area (Å²) >= 11 is 1.44. The molecule has 3 rings (SSSR count). The van der Waals surface area contributed by atoms with E-state index in [1.54, 1.807) is 5.38 Å². The van der Waals surface area contributed by atoms with Gasteiger partial charge in [-0.05, 0) is 23.8 Å². The summed E-state index contributed by atoms with van der Waals surface area (Å²) in [4.78, 5) is -0.347. The van der Waals surface area contributed by atoms with Crippen molar-refractivity contribution in [1.29, 1.82) is 0 Å². The smallest absolute Gasteiger partial charge is 0.744 e. The van der Waals surface area contributed by atoms with Crippen molar-refractivity contribution in [2.45, 2.75) is 17.4 Å². The van der Waals surface area contributed by atoms with Crippen molar-refractivity contribution in [1.82, 2.24) is 0 Å². The Labute approximate surface area is 153 Å². The molecule has 0 radical (unpaired) electrons. The van der Waals surface area contributed by atoms with E-state index in [1.165, 1.54) is 23.5 Å². The molecule has 1 aromatic carbocycles. The van der Waals surface area contributed by atoms with Crippen molar-refractivity contribution in [2.75, 3.05) is 6.61 Å². The Kier molecular flexibility index (Phi) is 5.41. The molecule has 1 aromatic heterocycles. The first-order valence-electron chi connectivity index (χ1n) is 6.07. The average Bonchev–Trinajstić information content (AvgIpc) is 2.84. The van der Waals surface area contributed by atoms with Gasteiger partial charge in [0.25, 0.3) is 0 Å². The van der Waals surface area contributed by atoms with Gasteiger partial charge in [-0.25, -0.2) is 8.42 Å². The number of phenolic OH excluding ortho intramolecular Hbond substituents is 1. The topological polar surface area (TPSA) is 95.9 Å². The predicted molar refractivity (Wildman–Crippen MR) is 74.0 cm³/mol. The summed E-state index contributed by atoms with van der Waals surface area (Å²) in [6, 6.07) is 3.54. The van der Waals surface area contributed by atoms with Crippen LogP contribution in [0.4, 0.5) is 0 Å². The van der Waals surface area contributed by atoms with E-state index in [9.17, 15) is 18.1 Å². The summed E-state index contributed by atoms with van der Waals surface area (Å²) in [5.41, 5.74) is 0.220. The van der Waals surface area contributed by atoms with Gasteiger partial charge < -0.3 is 19.1 Å². The van der Waals surface area contributed by atoms with Crippen LogP contribution in [0.15, 0.2) is 33.9 Å². The zero-order chi connectivity index (χ0) is 15.0. The van der Waals surface area contributed by atoms with Crippen molar-refractivity contribution in [3.05, 3.63) is 34.5 Å². The standard InChI is InChI=1S/C13H12O6S2.Na/c14-9-1-2-13(21(15,16)17)8(3-9)4-10-5-18-11-6-20-7-12(11)19-10;/h1-3,6-7,10,14H,4-5H2,(H,15,16,17);/q;+1/p-1. The number of fused-ring (bicyclic) bond motifs is 1. The second-order valence-corrected chi connectivity index (χ2v) is 6.69. The van der Waals surface area contributed by atoms with Gasteiger partial charge in [0.2, 0.25) is 0 Å². The van der Waals surface area contributed by atoms with Gasteiger partial charge in [-0.3, -0.25) is 0 Å². The largest absolute Gasteiger partial charge is 1.00 e. The van der Waals surface area contributed by atoms with E-state index in [0.717, 1.165) is 6.07 Å². The molecule has 0 spiro atoms. The van der Waals surface area contributed by atoms with E-state index in [4.69, 9.17) is 9.47 Å². The molecule has 0 aliphatic carbocycles. The minimum atomic E-state index is -4.61. The van der Waals surface area contributed by atoms with Gasteiger partial charge in [0.1, 0.15) is 28.6 Å². The first-order valence-corrected chi connectivity index (χ1v) is 8.42. The molecular weight excluding hydrogens is 339 g/mol. The Hall–Kier alpha value is -0.770. The fourth-order valence-corrected chi connectivity index (χ4v) is 3.55. The fraction of sp³-hybridized carbons (Fsp3) is 0.231. The van der Waals surface area contributed by atoms with Crippen LogP contribution in [0.5, 0.6) is 17.2 Å². The van der Waals surface area contributed by atoms with Crippen LogP contribution in [0.1, 0.15) is 5.56 Å². The van der Waals surface area contributed by atoms with Crippen molar-refractivity contribution >= 4 is 21.5 Å². The van der Waals surface area contributed by atoms with Gasteiger partial charge in [0.05, 0.1) is 4.90 Å². The molecule has 112 valence electrons. The Morgan fingerprint density at radius 2 is 2.05 bits per heavy atom. The van der Waals surface area contributed by atoms with Gasteiger partial charge in [-0.15, -0.1) is 11.3 Å². The van der Waals surface area contributed by atoms with E-state index < -0.39 is 16.2 Å². The summed E-state index contributed by atoms with van der Waals surface area (Å²) in [6.07, 6.45) is -0.269. The Balaban J connectivity index is 0.00000176. The molecule has 22 heavy (non-hydrogen) atoms. The van der Waals surface area contributed by atoms with Crippen molar-refractivity contribution in [2.24, 2.45) is 0 Å². The number of rotatable bonds is 3. The molecule has 1 N–H and O–H groups in total. The first kappa shape index (κ1) is 17.6. The maximum absolute atomic E-state index is 11.3. The third-order valence-electron chi connectivity index (χ3n) is 3.07. The minimum Gasteiger partial charge on any atom is -0.744 e. The van der Waals surface area contributed by atoms with Gasteiger partial charge >= 0.3 is 29.6 Å². The normalized spacial score (nSPS) is 16.9. The van der Waals surface area contributed by atoms with Crippen LogP contribution in [0, 0.1) is 0 Å². The molecule has 0 saturated carbocycles. The fourth-order valence-electron chi connectivity index (χ4n) is 2.18. The Morgan fingerprint density at radius 3 is 2.77 bits per heavy atom. The summed E-state index contributed by atoms with van der Waals surface area (Å²) in [5.74, 6) is 1.15. The molecule has 9 heteroatoms. The molecule has 0 amide bonds. The van der Waals surface area contributed by atoms with Crippen LogP contribution < -0.4 is 39.0 Å². The van der Waals surface area contributed by atoms with Crippen molar-refractivity contribution in [3.63, 3.8) is 0 Å². The van der Waals surface area contributed by atoms with Crippen LogP contribution in [0.25, 0.3) is 0 Å². The molecule has 2 aromatic rings. The Bertz CT molecular complexity index is 771. The molecule has 2 heterocycles. The molecule has 1 aliphatic rings. The second-order valence-electron chi connectivity index (χ2n) is 4.60. The third kappa shape index (κ3) is 3.76. The first-order chi connectivity index (χ1) is 9.93. The number of hydrogen-bond donors (Lipinski definition) is 1. The molecule has 1 atom stereocenters. The Morgan fingerprint density at radius 1 is 1.32 bits per heavy atom. The second kappa shape index (κ2) is 6.77. The minimum absolute atomic E-state index is 0. The molecule has 1 unspecified atom stereocenters. The predicted octanol–water partition coefficient (Wildman–Crippen LogP) is -1.26. The van der Waals surface area contributed by atoms with E-state index in [2.05, 4.69) is 0 Å². The maximum atomic E-state index is 11.3. The number of benzene rings is 1. The maximum Gasteiger partial charge on any atom is 1.00 e. The summed E-state index contributed by atoms with van der Waals surface area (Å²) < 4.78 is 45.0. The zero-order valence-electron chi connectivity index (χ0n) is 11.7. The van der Waals surface area contributed by atoms with Crippen molar-refractivity contribution < 1.29 is 57.1 Å². The van der Waals surface area contributed by atoms with Gasteiger partial charge in [-0.2, -0.15) is 0 Å². The molecule has 0 fully saturated rings. The monoisotopic (exact) mass is 350 g/mol. The molecule has 0 saturated heterocycles. The van der Waals surface area contributed by atoms with Crippen molar-refractivity contribution in [3.8, 4) is 17.2 Å². The van der Waals surface area contributed by atoms with Gasteiger partial charge in [0.15, 0.2) is 11.5 Å². The van der Waals surface area contributed by atoms with E-state index >= 15 is 0 Å². The summed E-state index contributed by atoms with van der Waals surface area (Å²) in [5, 5.41) is 13.1. The number of phenols is 1. The van der Waals surface area contributed by atoms with E-state index in [-0.39, 0.29) is 58.8 Å². The van der Waals surface area contributed by atoms with Crippen LogP contribution in [0.3, 0.4) is 0 Å². The van der Waals surface area contributed by atoms with Crippen LogP contribution >= 0.6 is 11.3 Å².